The molecule has 0 aromatic heterocycles. The van der Waals surface area contributed by atoms with E-state index in [9.17, 15) is 14.4 Å². The highest BCUT2D eigenvalue weighted by Crippen LogP contribution is 2.20. The molecule has 2 atom stereocenters. The number of rotatable bonds is 9. The summed E-state index contributed by atoms with van der Waals surface area (Å²) in [5.41, 5.74) is 2.06. The van der Waals surface area contributed by atoms with Crippen LogP contribution in [0, 0.1) is 18.8 Å². The van der Waals surface area contributed by atoms with Gasteiger partial charge >= 0.3 is 5.97 Å². The third kappa shape index (κ3) is 6.63. The van der Waals surface area contributed by atoms with Crippen LogP contribution in [-0.4, -0.2) is 29.3 Å². The van der Waals surface area contributed by atoms with Gasteiger partial charge < -0.3 is 10.4 Å². The molecule has 1 rings (SSSR count). The number of carboxylic acid groups (broad SMARTS) is 1. The van der Waals surface area contributed by atoms with Gasteiger partial charge in [-0.1, -0.05) is 50.1 Å². The first-order chi connectivity index (χ1) is 10.8. The van der Waals surface area contributed by atoms with Gasteiger partial charge in [0.15, 0.2) is 0 Å². The van der Waals surface area contributed by atoms with Crippen molar-refractivity contribution in [2.75, 3.05) is 6.54 Å². The molecule has 23 heavy (non-hydrogen) atoms. The molecule has 1 amide bonds. The molecular weight excluding hydrogens is 294 g/mol. The second kappa shape index (κ2) is 9.08. The van der Waals surface area contributed by atoms with Crippen LogP contribution in [0.5, 0.6) is 0 Å². The van der Waals surface area contributed by atoms with Gasteiger partial charge in [-0.25, -0.2) is 0 Å². The maximum absolute atomic E-state index is 12.3. The zero-order valence-corrected chi connectivity index (χ0v) is 14.0. The van der Waals surface area contributed by atoms with E-state index in [-0.39, 0.29) is 24.0 Å². The minimum absolute atomic E-state index is 0.00960. The van der Waals surface area contributed by atoms with Gasteiger partial charge in [0.05, 0.1) is 0 Å². The van der Waals surface area contributed by atoms with Crippen molar-refractivity contribution in [2.24, 2.45) is 11.8 Å². The fourth-order valence-electron chi connectivity index (χ4n) is 2.38. The van der Waals surface area contributed by atoms with E-state index in [0.717, 1.165) is 17.5 Å². The van der Waals surface area contributed by atoms with Crippen LogP contribution in [0.25, 0.3) is 0 Å². The normalized spacial score (nSPS) is 13.2. The number of aliphatic carboxylic acids is 1. The van der Waals surface area contributed by atoms with E-state index in [1.54, 1.807) is 0 Å². The Labute approximate surface area is 137 Å². The second-order valence-electron chi connectivity index (χ2n) is 6.01. The molecule has 1 aromatic rings. The Balaban J connectivity index is 2.68. The standard InChI is InChI=1S/C18H25NO4/c1-4-13(3)16(18(23)19-11-17(21)22)10-15(20)9-14-7-5-12(2)6-8-14/h5-8,13,16H,4,9-11H2,1-3H3,(H,19,23)(H,21,22)/t13-,16-/m0/s1. The number of Topliss-reactive ketones (excluding diaryl/α,β-unsaturated/α-hetero) is 1. The van der Waals surface area contributed by atoms with E-state index in [2.05, 4.69) is 5.32 Å². The lowest BCUT2D eigenvalue weighted by atomic mass is 9.85. The molecule has 0 aliphatic heterocycles. The van der Waals surface area contributed by atoms with Crippen molar-refractivity contribution >= 4 is 17.7 Å². The van der Waals surface area contributed by atoms with Crippen LogP contribution in [0.15, 0.2) is 24.3 Å². The molecule has 5 nitrogen and oxygen atoms in total. The molecule has 0 aliphatic carbocycles. The Bertz CT molecular complexity index is 551. The lowest BCUT2D eigenvalue weighted by Crippen LogP contribution is -2.38. The summed E-state index contributed by atoms with van der Waals surface area (Å²) in [5, 5.41) is 11.0. The average molecular weight is 319 g/mol. The van der Waals surface area contributed by atoms with E-state index < -0.39 is 18.4 Å². The molecule has 0 spiro atoms. The zero-order valence-electron chi connectivity index (χ0n) is 14.0. The zero-order chi connectivity index (χ0) is 17.4. The van der Waals surface area contributed by atoms with Crippen LogP contribution < -0.4 is 5.32 Å². The van der Waals surface area contributed by atoms with Gasteiger partial charge in [-0.15, -0.1) is 0 Å². The summed E-state index contributed by atoms with van der Waals surface area (Å²) in [6, 6.07) is 7.73. The maximum Gasteiger partial charge on any atom is 0.322 e. The van der Waals surface area contributed by atoms with Gasteiger partial charge in [0, 0.05) is 18.8 Å². The third-order valence-electron chi connectivity index (χ3n) is 4.05. The molecule has 0 aliphatic rings. The van der Waals surface area contributed by atoms with Crippen LogP contribution in [0.1, 0.15) is 37.8 Å². The number of carbonyl (C=O) groups excluding carboxylic acids is 2. The number of amides is 1. The number of hydrogen-bond acceptors (Lipinski definition) is 3. The fourth-order valence-corrected chi connectivity index (χ4v) is 2.38. The fraction of sp³-hybridized carbons (Fsp3) is 0.500. The number of carboxylic acids is 1. The molecule has 0 bridgehead atoms. The van der Waals surface area contributed by atoms with Gasteiger partial charge in [0.25, 0.3) is 0 Å². The molecular formula is C18H25NO4. The third-order valence-corrected chi connectivity index (χ3v) is 4.05. The summed E-state index contributed by atoms with van der Waals surface area (Å²) < 4.78 is 0. The van der Waals surface area contributed by atoms with E-state index >= 15 is 0 Å². The number of ketones is 1. The molecule has 126 valence electrons. The SMILES string of the molecule is CC[C@H](C)[C@H](CC(=O)Cc1ccc(C)cc1)C(=O)NCC(=O)O. The van der Waals surface area contributed by atoms with Gasteiger partial charge in [0.1, 0.15) is 12.3 Å². The topological polar surface area (TPSA) is 83.5 Å². The van der Waals surface area contributed by atoms with Crippen LogP contribution in [0.4, 0.5) is 0 Å². The molecule has 0 radical (unpaired) electrons. The predicted octanol–water partition coefficient (Wildman–Crippen LogP) is 2.36. The van der Waals surface area contributed by atoms with Gasteiger partial charge in [-0.05, 0) is 18.4 Å². The predicted molar refractivity (Wildman–Crippen MR) is 88.1 cm³/mol. The Morgan fingerprint density at radius 2 is 1.78 bits per heavy atom. The number of aryl methyl sites for hydroxylation is 1. The molecule has 1 aromatic carbocycles. The van der Waals surface area contributed by atoms with Gasteiger partial charge in [-0.3, -0.25) is 14.4 Å². The number of hydrogen-bond donors (Lipinski definition) is 2. The monoisotopic (exact) mass is 319 g/mol. The highest BCUT2D eigenvalue weighted by molar-refractivity contribution is 5.89. The summed E-state index contributed by atoms with van der Waals surface area (Å²) in [6.45, 7) is 5.42. The van der Waals surface area contributed by atoms with E-state index in [4.69, 9.17) is 5.11 Å². The minimum atomic E-state index is -1.09. The van der Waals surface area contributed by atoms with Crippen molar-refractivity contribution in [3.63, 3.8) is 0 Å². The first kappa shape index (κ1) is 18.9. The summed E-state index contributed by atoms with van der Waals surface area (Å²) >= 11 is 0. The number of carbonyl (C=O) groups is 3. The van der Waals surface area contributed by atoms with Crippen LogP contribution in [0.3, 0.4) is 0 Å². The van der Waals surface area contributed by atoms with Crippen LogP contribution in [-0.2, 0) is 20.8 Å². The van der Waals surface area contributed by atoms with Crippen LogP contribution in [0.2, 0.25) is 0 Å². The molecule has 0 unspecified atom stereocenters. The van der Waals surface area contributed by atoms with Crippen molar-refractivity contribution in [2.45, 2.75) is 40.0 Å². The highest BCUT2D eigenvalue weighted by Gasteiger charge is 2.26. The van der Waals surface area contributed by atoms with Gasteiger partial charge in [0.2, 0.25) is 5.91 Å². The molecule has 2 N–H and O–H groups in total. The second-order valence-corrected chi connectivity index (χ2v) is 6.01. The Morgan fingerprint density at radius 3 is 2.30 bits per heavy atom. The molecule has 0 fully saturated rings. The summed E-state index contributed by atoms with van der Waals surface area (Å²) in [5.74, 6) is -1.93. The number of nitrogens with one attached hydrogen (secondary N) is 1. The van der Waals surface area contributed by atoms with Gasteiger partial charge in [-0.2, -0.15) is 0 Å². The number of benzene rings is 1. The first-order valence-corrected chi connectivity index (χ1v) is 7.90. The van der Waals surface area contributed by atoms with Crippen molar-refractivity contribution < 1.29 is 19.5 Å². The Hall–Kier alpha value is -2.17. The maximum atomic E-state index is 12.3. The van der Waals surface area contributed by atoms with Crippen molar-refractivity contribution in [1.82, 2.24) is 5.32 Å². The molecule has 0 heterocycles. The lowest BCUT2D eigenvalue weighted by molar-refractivity contribution is -0.139. The summed E-state index contributed by atoms with van der Waals surface area (Å²) in [4.78, 5) is 35.0. The van der Waals surface area contributed by atoms with E-state index in [1.807, 2.05) is 45.0 Å². The average Bonchev–Trinajstić information content (AvgIpc) is 2.51. The smallest absolute Gasteiger partial charge is 0.322 e. The quantitative estimate of drug-likeness (QED) is 0.732. The summed E-state index contributed by atoms with van der Waals surface area (Å²) in [7, 11) is 0. The highest BCUT2D eigenvalue weighted by atomic mass is 16.4. The molecule has 5 heteroatoms. The largest absolute Gasteiger partial charge is 0.480 e. The first-order valence-electron chi connectivity index (χ1n) is 7.90. The van der Waals surface area contributed by atoms with Crippen molar-refractivity contribution in [3.8, 4) is 0 Å². The van der Waals surface area contributed by atoms with E-state index in [0.29, 0.717) is 6.42 Å². The Kier molecular flexibility index (Phi) is 7.45. The lowest BCUT2D eigenvalue weighted by Gasteiger charge is -2.21. The summed E-state index contributed by atoms with van der Waals surface area (Å²) in [6.07, 6.45) is 1.18. The van der Waals surface area contributed by atoms with E-state index in [1.165, 1.54) is 0 Å². The van der Waals surface area contributed by atoms with Crippen molar-refractivity contribution in [1.29, 1.82) is 0 Å². The Morgan fingerprint density at radius 1 is 1.17 bits per heavy atom. The van der Waals surface area contributed by atoms with Crippen molar-refractivity contribution in [3.05, 3.63) is 35.4 Å². The van der Waals surface area contributed by atoms with Crippen LogP contribution >= 0.6 is 0 Å². The molecule has 0 saturated carbocycles. The minimum Gasteiger partial charge on any atom is -0.480 e. The molecule has 0 saturated heterocycles.